The molecule has 9 heteroatoms. The Morgan fingerprint density at radius 1 is 1.35 bits per heavy atom. The Morgan fingerprint density at radius 3 is 2.85 bits per heavy atom. The molecule has 0 unspecified atom stereocenters. The van der Waals surface area contributed by atoms with E-state index in [9.17, 15) is 15.0 Å². The van der Waals surface area contributed by atoms with E-state index in [1.165, 1.54) is 23.9 Å². The van der Waals surface area contributed by atoms with Crippen LogP contribution >= 0.6 is 12.2 Å². The zero-order chi connectivity index (χ0) is 18.7. The molecule has 1 aromatic heterocycles. The summed E-state index contributed by atoms with van der Waals surface area (Å²) in [5, 5.41) is 26.2. The number of rotatable bonds is 6. The van der Waals surface area contributed by atoms with Crippen molar-refractivity contribution in [2.75, 3.05) is 12.5 Å². The van der Waals surface area contributed by atoms with Crippen molar-refractivity contribution in [1.29, 1.82) is 0 Å². The first-order chi connectivity index (χ1) is 12.5. The van der Waals surface area contributed by atoms with Gasteiger partial charge in [0.25, 0.3) is 0 Å². The standard InChI is InChI=1S/C17H16N4O4S/c1-25-11-6-7-14(22)13(8-11)15-19-20-17(26)21(15)18-9-10-4-2-3-5-12(10)16(23)24/h2-8,18,22H,9H2,1H3,(H,20,26)(H,23,24). The molecule has 3 aromatic rings. The van der Waals surface area contributed by atoms with Crippen LogP contribution in [0.2, 0.25) is 0 Å². The number of aromatic nitrogens is 3. The molecule has 0 aliphatic carbocycles. The van der Waals surface area contributed by atoms with Crippen molar-refractivity contribution in [1.82, 2.24) is 14.9 Å². The molecule has 0 radical (unpaired) electrons. The molecule has 0 fully saturated rings. The second-order valence-electron chi connectivity index (χ2n) is 5.37. The van der Waals surface area contributed by atoms with Crippen molar-refractivity contribution < 1.29 is 19.7 Å². The first-order valence-electron chi connectivity index (χ1n) is 7.61. The summed E-state index contributed by atoms with van der Waals surface area (Å²) in [4.78, 5) is 11.3. The molecule has 134 valence electrons. The predicted molar refractivity (Wildman–Crippen MR) is 97.5 cm³/mol. The van der Waals surface area contributed by atoms with Gasteiger partial charge in [0.1, 0.15) is 11.5 Å². The van der Waals surface area contributed by atoms with Gasteiger partial charge in [0.05, 0.1) is 24.8 Å². The Balaban J connectivity index is 1.95. The van der Waals surface area contributed by atoms with Gasteiger partial charge in [0.15, 0.2) is 5.82 Å². The zero-order valence-electron chi connectivity index (χ0n) is 13.8. The van der Waals surface area contributed by atoms with E-state index in [1.54, 1.807) is 30.3 Å². The number of carboxylic acid groups (broad SMARTS) is 1. The van der Waals surface area contributed by atoms with E-state index in [2.05, 4.69) is 15.6 Å². The SMILES string of the molecule is COc1ccc(O)c(-c2n[nH]c(=S)n2NCc2ccccc2C(=O)O)c1. The number of hydrogen-bond donors (Lipinski definition) is 4. The van der Waals surface area contributed by atoms with E-state index >= 15 is 0 Å². The van der Waals surface area contributed by atoms with Gasteiger partial charge in [-0.3, -0.25) is 0 Å². The third kappa shape index (κ3) is 3.38. The summed E-state index contributed by atoms with van der Waals surface area (Å²) in [5.74, 6) is -0.105. The molecule has 3 rings (SSSR count). The molecule has 0 bridgehead atoms. The number of aromatic hydroxyl groups is 1. The van der Waals surface area contributed by atoms with Crippen molar-refractivity contribution in [2.24, 2.45) is 0 Å². The highest BCUT2D eigenvalue weighted by Crippen LogP contribution is 2.31. The normalized spacial score (nSPS) is 10.5. The molecule has 26 heavy (non-hydrogen) atoms. The largest absolute Gasteiger partial charge is 0.507 e. The number of carboxylic acids is 1. The number of hydrogen-bond acceptors (Lipinski definition) is 6. The molecule has 0 atom stereocenters. The van der Waals surface area contributed by atoms with Crippen LogP contribution in [-0.4, -0.2) is 38.2 Å². The fourth-order valence-electron chi connectivity index (χ4n) is 2.49. The van der Waals surface area contributed by atoms with Gasteiger partial charge in [-0.05, 0) is 42.0 Å². The van der Waals surface area contributed by atoms with Crippen molar-refractivity contribution >= 4 is 18.2 Å². The number of aromatic amines is 1. The van der Waals surface area contributed by atoms with E-state index in [0.717, 1.165) is 0 Å². The van der Waals surface area contributed by atoms with E-state index in [4.69, 9.17) is 17.0 Å². The number of carbonyl (C=O) groups is 1. The number of methoxy groups -OCH3 is 1. The average Bonchev–Trinajstić information content (AvgIpc) is 3.01. The molecule has 0 saturated heterocycles. The van der Waals surface area contributed by atoms with Crippen molar-refractivity contribution in [3.05, 3.63) is 58.4 Å². The molecule has 8 nitrogen and oxygen atoms in total. The third-order valence-corrected chi connectivity index (χ3v) is 4.07. The van der Waals surface area contributed by atoms with Crippen LogP contribution in [0.15, 0.2) is 42.5 Å². The van der Waals surface area contributed by atoms with Gasteiger partial charge in [0, 0.05) is 0 Å². The molecule has 0 aliphatic heterocycles. The van der Waals surface area contributed by atoms with Crippen LogP contribution in [0.25, 0.3) is 11.4 Å². The molecule has 0 amide bonds. The smallest absolute Gasteiger partial charge is 0.336 e. The van der Waals surface area contributed by atoms with Crippen LogP contribution in [0.1, 0.15) is 15.9 Å². The van der Waals surface area contributed by atoms with Gasteiger partial charge in [-0.1, -0.05) is 18.2 Å². The highest BCUT2D eigenvalue weighted by molar-refractivity contribution is 7.71. The molecule has 0 aliphatic rings. The minimum Gasteiger partial charge on any atom is -0.507 e. The summed E-state index contributed by atoms with van der Waals surface area (Å²) >= 11 is 5.23. The van der Waals surface area contributed by atoms with Crippen LogP contribution in [0, 0.1) is 4.77 Å². The van der Waals surface area contributed by atoms with Gasteiger partial charge < -0.3 is 20.4 Å². The van der Waals surface area contributed by atoms with Crippen molar-refractivity contribution in [3.8, 4) is 22.9 Å². The number of phenols is 1. The summed E-state index contributed by atoms with van der Waals surface area (Å²) in [6.07, 6.45) is 0. The van der Waals surface area contributed by atoms with E-state index in [1.807, 2.05) is 0 Å². The van der Waals surface area contributed by atoms with Crippen LogP contribution in [0.5, 0.6) is 11.5 Å². The minimum atomic E-state index is -1.01. The lowest BCUT2D eigenvalue weighted by molar-refractivity contribution is 0.0695. The summed E-state index contributed by atoms with van der Waals surface area (Å²) in [6, 6.07) is 11.4. The second-order valence-corrected chi connectivity index (χ2v) is 5.75. The number of benzene rings is 2. The van der Waals surface area contributed by atoms with E-state index in [0.29, 0.717) is 22.7 Å². The molecular formula is C17H16N4O4S. The summed E-state index contributed by atoms with van der Waals surface area (Å²) in [5.41, 5.74) is 4.23. The maximum Gasteiger partial charge on any atom is 0.336 e. The Bertz CT molecular complexity index is 1010. The fraction of sp³-hybridized carbons (Fsp3) is 0.118. The third-order valence-electron chi connectivity index (χ3n) is 3.79. The second kappa shape index (κ2) is 7.28. The molecule has 0 spiro atoms. The maximum absolute atomic E-state index is 11.3. The first kappa shape index (κ1) is 17.5. The van der Waals surface area contributed by atoms with Gasteiger partial charge in [0.2, 0.25) is 4.77 Å². The fourth-order valence-corrected chi connectivity index (χ4v) is 2.69. The Kier molecular flexibility index (Phi) is 4.90. The van der Waals surface area contributed by atoms with E-state index < -0.39 is 5.97 Å². The topological polar surface area (TPSA) is 112 Å². The maximum atomic E-state index is 11.3. The average molecular weight is 372 g/mol. The van der Waals surface area contributed by atoms with Gasteiger partial charge in [-0.25, -0.2) is 14.6 Å². The number of H-pyrrole nitrogens is 1. The lowest BCUT2D eigenvalue weighted by Gasteiger charge is -2.13. The molecule has 0 saturated carbocycles. The zero-order valence-corrected chi connectivity index (χ0v) is 14.6. The highest BCUT2D eigenvalue weighted by atomic mass is 32.1. The van der Waals surface area contributed by atoms with Gasteiger partial charge in [-0.2, -0.15) is 5.10 Å². The molecular weight excluding hydrogens is 356 g/mol. The summed E-state index contributed by atoms with van der Waals surface area (Å²) < 4.78 is 6.93. The number of nitrogens with zero attached hydrogens (tertiary/aromatic N) is 2. The van der Waals surface area contributed by atoms with Crippen LogP contribution in [-0.2, 0) is 6.54 Å². The number of nitrogens with one attached hydrogen (secondary N) is 2. The highest BCUT2D eigenvalue weighted by Gasteiger charge is 2.15. The number of ether oxygens (including phenoxy) is 1. The lowest BCUT2D eigenvalue weighted by Crippen LogP contribution is -2.17. The Labute approximate surface area is 153 Å². The van der Waals surface area contributed by atoms with Crippen LogP contribution in [0.4, 0.5) is 0 Å². The number of phenolic OH excluding ortho intramolecular Hbond substituents is 1. The first-order valence-corrected chi connectivity index (χ1v) is 8.02. The Morgan fingerprint density at radius 2 is 2.12 bits per heavy atom. The quantitative estimate of drug-likeness (QED) is 0.492. The number of aromatic carboxylic acids is 1. The molecule has 1 heterocycles. The summed E-state index contributed by atoms with van der Waals surface area (Å²) in [7, 11) is 1.52. The van der Waals surface area contributed by atoms with Gasteiger partial charge >= 0.3 is 5.97 Å². The van der Waals surface area contributed by atoms with Crippen LogP contribution in [0.3, 0.4) is 0 Å². The predicted octanol–water partition coefficient (Wildman–Crippen LogP) is 2.76. The molecule has 4 N–H and O–H groups in total. The monoisotopic (exact) mass is 372 g/mol. The minimum absolute atomic E-state index is 0.00814. The summed E-state index contributed by atoms with van der Waals surface area (Å²) in [6.45, 7) is 0.202. The molecule has 2 aromatic carbocycles. The van der Waals surface area contributed by atoms with E-state index in [-0.39, 0.29) is 22.6 Å². The van der Waals surface area contributed by atoms with Crippen molar-refractivity contribution in [2.45, 2.75) is 6.54 Å². The Hall–Kier alpha value is -3.33. The lowest BCUT2D eigenvalue weighted by atomic mass is 10.1. The van der Waals surface area contributed by atoms with Crippen molar-refractivity contribution in [3.63, 3.8) is 0 Å². The van der Waals surface area contributed by atoms with Crippen LogP contribution < -0.4 is 10.2 Å². The van der Waals surface area contributed by atoms with Gasteiger partial charge in [-0.15, -0.1) is 0 Å².